The molecule has 0 aromatic heterocycles. The summed E-state index contributed by atoms with van der Waals surface area (Å²) in [5.41, 5.74) is 1.46. The van der Waals surface area contributed by atoms with Crippen LogP contribution in [0.1, 0.15) is 21.5 Å². The van der Waals surface area contributed by atoms with Crippen LogP contribution in [0.4, 0.5) is 0 Å². The molecule has 2 N–H and O–H groups in total. The van der Waals surface area contributed by atoms with E-state index in [4.69, 9.17) is 10.00 Å². The average molecular weight is 324 g/mol. The van der Waals surface area contributed by atoms with Gasteiger partial charge in [0, 0.05) is 12.0 Å². The Bertz CT molecular complexity index is 778. The minimum Gasteiger partial charge on any atom is -0.497 e. The summed E-state index contributed by atoms with van der Waals surface area (Å²) in [6.07, 6.45) is 0.133. The lowest BCUT2D eigenvalue weighted by Crippen LogP contribution is -2.42. The van der Waals surface area contributed by atoms with Gasteiger partial charge in [0.25, 0.3) is 5.91 Å². The van der Waals surface area contributed by atoms with Gasteiger partial charge in [-0.1, -0.05) is 12.1 Å². The van der Waals surface area contributed by atoms with Crippen molar-refractivity contribution < 1.29 is 19.4 Å². The fourth-order valence-corrected chi connectivity index (χ4v) is 2.17. The van der Waals surface area contributed by atoms with Crippen molar-refractivity contribution in [2.24, 2.45) is 0 Å². The molecule has 2 rings (SSSR count). The van der Waals surface area contributed by atoms with E-state index in [9.17, 15) is 14.7 Å². The average Bonchev–Trinajstić information content (AvgIpc) is 2.61. The van der Waals surface area contributed by atoms with E-state index in [1.807, 2.05) is 6.07 Å². The first-order valence-electron chi connectivity index (χ1n) is 7.20. The van der Waals surface area contributed by atoms with Crippen LogP contribution in [0.15, 0.2) is 48.5 Å². The number of rotatable bonds is 6. The Kier molecular flexibility index (Phi) is 5.53. The van der Waals surface area contributed by atoms with Crippen molar-refractivity contribution in [2.45, 2.75) is 12.5 Å². The number of carboxylic acid groups (broad SMARTS) is 1. The van der Waals surface area contributed by atoms with Crippen LogP contribution >= 0.6 is 0 Å². The summed E-state index contributed by atoms with van der Waals surface area (Å²) in [7, 11) is 1.53. The Morgan fingerprint density at radius 1 is 1.25 bits per heavy atom. The predicted octanol–water partition coefficient (Wildman–Crippen LogP) is 1.99. The van der Waals surface area contributed by atoms with Gasteiger partial charge in [0.2, 0.25) is 0 Å². The van der Waals surface area contributed by atoms with Gasteiger partial charge in [0.15, 0.2) is 0 Å². The van der Waals surface area contributed by atoms with Gasteiger partial charge in [0.05, 0.1) is 18.7 Å². The van der Waals surface area contributed by atoms with Crippen LogP contribution in [-0.2, 0) is 11.2 Å². The van der Waals surface area contributed by atoms with Crippen LogP contribution in [-0.4, -0.2) is 30.1 Å². The second-order valence-electron chi connectivity index (χ2n) is 5.11. The smallest absolute Gasteiger partial charge is 0.326 e. The van der Waals surface area contributed by atoms with E-state index < -0.39 is 17.9 Å². The van der Waals surface area contributed by atoms with Crippen molar-refractivity contribution in [2.75, 3.05) is 7.11 Å². The van der Waals surface area contributed by atoms with Crippen LogP contribution in [0.3, 0.4) is 0 Å². The number of nitrogens with zero attached hydrogens (tertiary/aromatic N) is 1. The van der Waals surface area contributed by atoms with Gasteiger partial charge in [-0.15, -0.1) is 0 Å². The van der Waals surface area contributed by atoms with Gasteiger partial charge in [-0.05, 0) is 42.0 Å². The summed E-state index contributed by atoms with van der Waals surface area (Å²) in [5, 5.41) is 20.6. The molecule has 0 fully saturated rings. The molecule has 6 nitrogen and oxygen atoms in total. The predicted molar refractivity (Wildman–Crippen MR) is 86.7 cm³/mol. The molecule has 0 saturated heterocycles. The Balaban J connectivity index is 2.11. The van der Waals surface area contributed by atoms with Gasteiger partial charge >= 0.3 is 5.97 Å². The van der Waals surface area contributed by atoms with Gasteiger partial charge in [-0.2, -0.15) is 5.26 Å². The third kappa shape index (κ3) is 4.34. The maximum absolute atomic E-state index is 12.2. The number of carboxylic acids is 1. The van der Waals surface area contributed by atoms with Crippen molar-refractivity contribution in [1.29, 1.82) is 5.26 Å². The largest absolute Gasteiger partial charge is 0.497 e. The van der Waals surface area contributed by atoms with E-state index >= 15 is 0 Å². The minimum absolute atomic E-state index is 0.133. The van der Waals surface area contributed by atoms with Gasteiger partial charge in [0.1, 0.15) is 11.8 Å². The number of amides is 1. The van der Waals surface area contributed by atoms with Crippen LogP contribution < -0.4 is 10.1 Å². The van der Waals surface area contributed by atoms with Crippen LogP contribution in [0.25, 0.3) is 0 Å². The number of nitrogens with one attached hydrogen (secondary N) is 1. The molecule has 0 bridgehead atoms. The number of nitriles is 1. The standard InChI is InChI=1S/C18H16N2O4/c1-24-15-4-2-3-13(9-15)10-16(18(22)23)20-17(21)14-7-5-12(11-19)6-8-14/h2-9,16H,10H2,1H3,(H,20,21)(H,22,23)/t16-/m1/s1. The highest BCUT2D eigenvalue weighted by molar-refractivity contribution is 5.96. The molecule has 24 heavy (non-hydrogen) atoms. The molecule has 122 valence electrons. The fraction of sp³-hybridized carbons (Fsp3) is 0.167. The van der Waals surface area contributed by atoms with E-state index in [0.717, 1.165) is 5.56 Å². The minimum atomic E-state index is -1.13. The second-order valence-corrected chi connectivity index (χ2v) is 5.11. The summed E-state index contributed by atoms with van der Waals surface area (Å²) in [6.45, 7) is 0. The van der Waals surface area contributed by atoms with Gasteiger partial charge in [-0.25, -0.2) is 4.79 Å². The van der Waals surface area contributed by atoms with Crippen molar-refractivity contribution in [3.05, 3.63) is 65.2 Å². The lowest BCUT2D eigenvalue weighted by molar-refractivity contribution is -0.139. The number of aliphatic carboxylic acids is 1. The summed E-state index contributed by atoms with van der Waals surface area (Å²) in [5.74, 6) is -1.01. The monoisotopic (exact) mass is 324 g/mol. The maximum atomic E-state index is 12.2. The molecule has 6 heteroatoms. The number of hydrogen-bond donors (Lipinski definition) is 2. The molecular formula is C18H16N2O4. The zero-order chi connectivity index (χ0) is 17.5. The lowest BCUT2D eigenvalue weighted by atomic mass is 10.0. The number of ether oxygens (including phenoxy) is 1. The van der Waals surface area contributed by atoms with Crippen LogP contribution in [0.2, 0.25) is 0 Å². The highest BCUT2D eigenvalue weighted by Crippen LogP contribution is 2.14. The number of methoxy groups -OCH3 is 1. The summed E-state index contributed by atoms with van der Waals surface area (Å²) < 4.78 is 5.11. The zero-order valence-electron chi connectivity index (χ0n) is 13.0. The van der Waals surface area contributed by atoms with E-state index in [-0.39, 0.29) is 6.42 Å². The quantitative estimate of drug-likeness (QED) is 0.846. The number of benzene rings is 2. The summed E-state index contributed by atoms with van der Waals surface area (Å²) in [6, 6.07) is 13.9. The third-order valence-corrected chi connectivity index (χ3v) is 3.45. The second kappa shape index (κ2) is 7.79. The third-order valence-electron chi connectivity index (χ3n) is 3.45. The highest BCUT2D eigenvalue weighted by Gasteiger charge is 2.21. The van der Waals surface area contributed by atoms with Crippen molar-refractivity contribution in [1.82, 2.24) is 5.32 Å². The molecule has 0 aliphatic carbocycles. The SMILES string of the molecule is COc1cccc(C[C@@H](NC(=O)c2ccc(C#N)cc2)C(=O)O)c1. The molecule has 0 spiro atoms. The molecule has 1 amide bonds. The Morgan fingerprint density at radius 3 is 2.54 bits per heavy atom. The Labute approximate surface area is 139 Å². The number of hydrogen-bond acceptors (Lipinski definition) is 4. The summed E-state index contributed by atoms with van der Waals surface area (Å²) >= 11 is 0. The lowest BCUT2D eigenvalue weighted by Gasteiger charge is -2.15. The molecule has 1 atom stereocenters. The number of carbonyl (C=O) groups is 2. The Morgan fingerprint density at radius 2 is 1.96 bits per heavy atom. The first-order chi connectivity index (χ1) is 11.5. The molecular weight excluding hydrogens is 308 g/mol. The molecule has 2 aromatic rings. The van der Waals surface area contributed by atoms with E-state index in [1.54, 1.807) is 24.3 Å². The number of carbonyl (C=O) groups excluding carboxylic acids is 1. The zero-order valence-corrected chi connectivity index (χ0v) is 13.0. The van der Waals surface area contributed by atoms with Crippen molar-refractivity contribution in [3.8, 4) is 11.8 Å². The Hall–Kier alpha value is -3.33. The molecule has 0 unspecified atom stereocenters. The molecule has 0 radical (unpaired) electrons. The normalized spacial score (nSPS) is 11.2. The van der Waals surface area contributed by atoms with Crippen LogP contribution in [0.5, 0.6) is 5.75 Å². The maximum Gasteiger partial charge on any atom is 0.326 e. The van der Waals surface area contributed by atoms with Gasteiger partial charge in [-0.3, -0.25) is 4.79 Å². The first-order valence-corrected chi connectivity index (χ1v) is 7.20. The van der Waals surface area contributed by atoms with E-state index in [2.05, 4.69) is 5.32 Å². The first kappa shape index (κ1) is 17.0. The molecule has 0 aliphatic heterocycles. The van der Waals surface area contributed by atoms with E-state index in [0.29, 0.717) is 16.9 Å². The summed E-state index contributed by atoms with van der Waals surface area (Å²) in [4.78, 5) is 23.6. The van der Waals surface area contributed by atoms with Crippen molar-refractivity contribution >= 4 is 11.9 Å². The van der Waals surface area contributed by atoms with E-state index in [1.165, 1.54) is 31.4 Å². The van der Waals surface area contributed by atoms with Gasteiger partial charge < -0.3 is 15.2 Å². The molecule has 0 aliphatic rings. The molecule has 0 saturated carbocycles. The molecule has 0 heterocycles. The highest BCUT2D eigenvalue weighted by atomic mass is 16.5. The topological polar surface area (TPSA) is 99.4 Å². The fourth-order valence-electron chi connectivity index (χ4n) is 2.17. The van der Waals surface area contributed by atoms with Crippen molar-refractivity contribution in [3.63, 3.8) is 0 Å². The molecule has 2 aromatic carbocycles. The van der Waals surface area contributed by atoms with Crippen LogP contribution in [0, 0.1) is 11.3 Å².